The van der Waals surface area contributed by atoms with Crippen molar-refractivity contribution in [2.24, 2.45) is 0 Å². The Morgan fingerprint density at radius 3 is 1.78 bits per heavy atom. The fourth-order valence-electron chi connectivity index (χ4n) is 6.08. The van der Waals surface area contributed by atoms with E-state index in [-0.39, 0.29) is 0 Å². The van der Waals surface area contributed by atoms with Gasteiger partial charge in [0.1, 0.15) is 18.3 Å². The highest BCUT2D eigenvalue weighted by Crippen LogP contribution is 2.33. The van der Waals surface area contributed by atoms with Crippen LogP contribution in [0.25, 0.3) is 88.6 Å². The van der Waals surface area contributed by atoms with Crippen molar-refractivity contribution in [3.8, 4) is 45.0 Å². The van der Waals surface area contributed by atoms with Crippen LogP contribution in [0.1, 0.15) is 0 Å². The topological polar surface area (TPSA) is 90.2 Å². The summed E-state index contributed by atoms with van der Waals surface area (Å²) < 4.78 is 0. The van der Waals surface area contributed by atoms with Crippen LogP contribution in [-0.4, -0.2) is 34.9 Å². The minimum atomic E-state index is 0.554. The number of nitrogens with zero attached hydrogens (tertiary/aromatic N) is 7. The first-order valence-corrected chi connectivity index (χ1v) is 14.9. The summed E-state index contributed by atoms with van der Waals surface area (Å²) in [5.74, 6) is 0.554. The maximum atomic E-state index is 5.08. The molecule has 0 amide bonds. The number of fused-ring (bicyclic) bond motifs is 5. The number of rotatable bonds is 4. The molecule has 7 heteroatoms. The van der Waals surface area contributed by atoms with Gasteiger partial charge in [0, 0.05) is 39.5 Å². The largest absolute Gasteiger partial charge is 0.254 e. The van der Waals surface area contributed by atoms with Gasteiger partial charge in [-0.1, -0.05) is 78.9 Å². The zero-order valence-electron chi connectivity index (χ0n) is 24.4. The summed E-state index contributed by atoms with van der Waals surface area (Å²) in [7, 11) is 0. The smallest absolute Gasteiger partial charge is 0.181 e. The monoisotopic (exact) mass is 589 g/mol. The van der Waals surface area contributed by atoms with Gasteiger partial charge in [-0.25, -0.2) is 24.9 Å². The molecular weight excluding hydrogens is 566 g/mol. The molecule has 0 aliphatic carbocycles. The molecular formula is C39H23N7. The van der Waals surface area contributed by atoms with Gasteiger partial charge in [-0.2, -0.15) is 0 Å². The SMILES string of the molecule is c1cnc2c(c1)ccc1c(-c3ccc(-c4ccc5ccc(-c6ccc7ccc(-c8ncncn8)nc7c6)cc5n4)cc3)ccnc12. The van der Waals surface area contributed by atoms with Crippen LogP contribution in [0.4, 0.5) is 0 Å². The van der Waals surface area contributed by atoms with Crippen molar-refractivity contribution in [2.75, 3.05) is 0 Å². The highest BCUT2D eigenvalue weighted by atomic mass is 15.0. The van der Waals surface area contributed by atoms with Gasteiger partial charge in [0.2, 0.25) is 0 Å². The lowest BCUT2D eigenvalue weighted by Gasteiger charge is -2.10. The van der Waals surface area contributed by atoms with E-state index in [1.54, 1.807) is 0 Å². The van der Waals surface area contributed by atoms with Crippen molar-refractivity contribution in [1.82, 2.24) is 34.9 Å². The minimum Gasteiger partial charge on any atom is -0.254 e. The highest BCUT2D eigenvalue weighted by Gasteiger charge is 2.11. The van der Waals surface area contributed by atoms with E-state index in [1.807, 2.05) is 30.6 Å². The fraction of sp³-hybridized carbons (Fsp3) is 0. The fourth-order valence-corrected chi connectivity index (χ4v) is 6.08. The Balaban J connectivity index is 1.05. The summed E-state index contributed by atoms with van der Waals surface area (Å²) in [4.78, 5) is 31.6. The van der Waals surface area contributed by atoms with E-state index in [2.05, 4.69) is 122 Å². The van der Waals surface area contributed by atoms with Gasteiger partial charge in [0.15, 0.2) is 5.82 Å². The van der Waals surface area contributed by atoms with E-state index in [0.717, 1.165) is 77.1 Å². The molecule has 0 saturated carbocycles. The first-order chi connectivity index (χ1) is 22.8. The van der Waals surface area contributed by atoms with Crippen molar-refractivity contribution in [1.29, 1.82) is 0 Å². The third-order valence-corrected chi connectivity index (χ3v) is 8.41. The lowest BCUT2D eigenvalue weighted by molar-refractivity contribution is 1.05. The third-order valence-electron chi connectivity index (χ3n) is 8.41. The summed E-state index contributed by atoms with van der Waals surface area (Å²) in [6.45, 7) is 0. The molecule has 9 aromatic rings. The van der Waals surface area contributed by atoms with Crippen molar-refractivity contribution < 1.29 is 0 Å². The van der Waals surface area contributed by atoms with Gasteiger partial charge in [-0.15, -0.1) is 0 Å². The molecule has 0 atom stereocenters. The van der Waals surface area contributed by atoms with E-state index in [4.69, 9.17) is 9.97 Å². The van der Waals surface area contributed by atoms with Crippen molar-refractivity contribution in [2.45, 2.75) is 0 Å². The van der Waals surface area contributed by atoms with Crippen LogP contribution >= 0.6 is 0 Å². The van der Waals surface area contributed by atoms with Crippen LogP contribution in [-0.2, 0) is 0 Å². The van der Waals surface area contributed by atoms with E-state index in [0.29, 0.717) is 11.5 Å². The number of benzene rings is 4. The average molecular weight is 590 g/mol. The Kier molecular flexibility index (Phi) is 5.99. The molecule has 5 heterocycles. The quantitative estimate of drug-likeness (QED) is 0.190. The summed E-state index contributed by atoms with van der Waals surface area (Å²) in [6, 6.07) is 39.8. The summed E-state index contributed by atoms with van der Waals surface area (Å²) in [5, 5.41) is 4.31. The van der Waals surface area contributed by atoms with Gasteiger partial charge in [0.05, 0.1) is 27.8 Å². The molecule has 214 valence electrons. The molecule has 46 heavy (non-hydrogen) atoms. The van der Waals surface area contributed by atoms with Gasteiger partial charge in [0.25, 0.3) is 0 Å². The summed E-state index contributed by atoms with van der Waals surface area (Å²) >= 11 is 0. The maximum absolute atomic E-state index is 5.08. The molecule has 0 spiro atoms. The Bertz CT molecular complexity index is 2580. The molecule has 0 aliphatic heterocycles. The molecule has 0 unspecified atom stereocenters. The maximum Gasteiger partial charge on any atom is 0.181 e. The third kappa shape index (κ3) is 4.50. The molecule has 0 bridgehead atoms. The van der Waals surface area contributed by atoms with E-state index in [9.17, 15) is 0 Å². The Morgan fingerprint density at radius 2 is 1.02 bits per heavy atom. The molecule has 9 rings (SSSR count). The van der Waals surface area contributed by atoms with Crippen LogP contribution in [0.2, 0.25) is 0 Å². The van der Waals surface area contributed by atoms with Gasteiger partial charge in [-0.05, 0) is 58.7 Å². The van der Waals surface area contributed by atoms with Gasteiger partial charge in [-0.3, -0.25) is 9.97 Å². The molecule has 0 radical (unpaired) electrons. The predicted octanol–water partition coefficient (Wildman–Crippen LogP) is 8.73. The lowest BCUT2D eigenvalue weighted by Crippen LogP contribution is -1.92. The van der Waals surface area contributed by atoms with Crippen molar-refractivity contribution >= 4 is 43.6 Å². The van der Waals surface area contributed by atoms with Gasteiger partial charge >= 0.3 is 0 Å². The average Bonchev–Trinajstić information content (AvgIpc) is 3.14. The molecule has 0 aliphatic rings. The van der Waals surface area contributed by atoms with Crippen LogP contribution in [0.5, 0.6) is 0 Å². The van der Waals surface area contributed by atoms with Gasteiger partial charge < -0.3 is 0 Å². The molecule has 4 aromatic carbocycles. The lowest BCUT2D eigenvalue weighted by atomic mass is 9.98. The predicted molar refractivity (Wildman–Crippen MR) is 183 cm³/mol. The summed E-state index contributed by atoms with van der Waals surface area (Å²) in [5.41, 5.74) is 10.7. The van der Waals surface area contributed by atoms with Crippen LogP contribution in [0, 0.1) is 0 Å². The molecule has 0 N–H and O–H groups in total. The van der Waals surface area contributed by atoms with Crippen LogP contribution in [0.3, 0.4) is 0 Å². The van der Waals surface area contributed by atoms with Crippen molar-refractivity contribution in [3.63, 3.8) is 0 Å². The Morgan fingerprint density at radius 1 is 0.413 bits per heavy atom. The minimum absolute atomic E-state index is 0.554. The number of hydrogen-bond donors (Lipinski definition) is 0. The Hall–Kier alpha value is -6.47. The van der Waals surface area contributed by atoms with Crippen LogP contribution in [0.15, 0.2) is 140 Å². The van der Waals surface area contributed by atoms with E-state index >= 15 is 0 Å². The second-order valence-electron chi connectivity index (χ2n) is 11.1. The standard InChI is InChI=1S/C39H23N7/c1-2-28-11-14-32-31(17-19-42-38(32)37(28)41-18-1)24-3-5-25(6-4-24)33-15-12-26-7-9-29(20-35(26)45-33)30-10-8-27-13-16-34(46-36(27)21-30)39-43-22-40-23-44-39/h1-23H. The molecule has 0 saturated heterocycles. The number of aromatic nitrogens is 7. The highest BCUT2D eigenvalue weighted by molar-refractivity contribution is 6.08. The van der Waals surface area contributed by atoms with Crippen molar-refractivity contribution in [3.05, 3.63) is 140 Å². The zero-order valence-corrected chi connectivity index (χ0v) is 24.4. The molecule has 0 fully saturated rings. The van der Waals surface area contributed by atoms with Crippen LogP contribution < -0.4 is 0 Å². The van der Waals surface area contributed by atoms with E-state index in [1.165, 1.54) is 12.7 Å². The molecule has 5 aromatic heterocycles. The second-order valence-corrected chi connectivity index (χ2v) is 11.1. The van der Waals surface area contributed by atoms with E-state index < -0.39 is 0 Å². The first-order valence-electron chi connectivity index (χ1n) is 14.9. The zero-order chi connectivity index (χ0) is 30.5. The summed E-state index contributed by atoms with van der Waals surface area (Å²) in [6.07, 6.45) is 6.65. The number of hydrogen-bond acceptors (Lipinski definition) is 7. The molecule has 7 nitrogen and oxygen atoms in total. The normalized spacial score (nSPS) is 11.5. The number of pyridine rings is 4. The second kappa shape index (κ2) is 10.6. The Labute approximate surface area is 263 Å². The first kappa shape index (κ1) is 26.0.